The average molecular weight is 488 g/mol. The van der Waals surface area contributed by atoms with Gasteiger partial charge in [-0.1, -0.05) is 24.3 Å². The van der Waals surface area contributed by atoms with Crippen molar-refractivity contribution in [2.75, 3.05) is 12.4 Å². The van der Waals surface area contributed by atoms with Gasteiger partial charge in [0.15, 0.2) is 18.0 Å². The van der Waals surface area contributed by atoms with E-state index in [1.54, 1.807) is 36.5 Å². The first-order chi connectivity index (χ1) is 16.2. The van der Waals surface area contributed by atoms with Crippen molar-refractivity contribution in [3.8, 4) is 11.3 Å². The second kappa shape index (κ2) is 9.48. The number of anilines is 1. The minimum Gasteiger partial charge on any atom is -0.451 e. The molecule has 11 heteroatoms. The quantitative estimate of drug-likeness (QED) is 0.312. The number of aromatic nitrogens is 1. The fourth-order valence-corrected chi connectivity index (χ4v) is 4.00. The van der Waals surface area contributed by atoms with Gasteiger partial charge in [-0.2, -0.15) is 13.2 Å². The molecule has 4 rings (SSSR count). The summed E-state index contributed by atoms with van der Waals surface area (Å²) < 4.78 is 43.7. The van der Waals surface area contributed by atoms with E-state index in [-0.39, 0.29) is 11.4 Å². The van der Waals surface area contributed by atoms with E-state index in [9.17, 15) is 22.9 Å². The normalized spacial score (nSPS) is 11.3. The summed E-state index contributed by atoms with van der Waals surface area (Å²) >= 11 is 1.20. The molecule has 1 amide bonds. The summed E-state index contributed by atoms with van der Waals surface area (Å²) in [7, 11) is 1.24. The summed E-state index contributed by atoms with van der Waals surface area (Å²) in [4.78, 5) is 34.4. The second-order valence-electron chi connectivity index (χ2n) is 7.08. The van der Waals surface area contributed by atoms with Gasteiger partial charge in [-0.05, 0) is 35.9 Å². The van der Waals surface area contributed by atoms with Crippen LogP contribution in [0.15, 0.2) is 71.3 Å². The van der Waals surface area contributed by atoms with Crippen molar-refractivity contribution in [1.29, 1.82) is 0 Å². The molecule has 0 spiro atoms. The third-order valence-electron chi connectivity index (χ3n) is 4.80. The maximum Gasteiger partial charge on any atom is 0.416 e. The number of amides is 1. The minimum atomic E-state index is -4.38. The fraction of sp³-hybridized carbons (Fsp3) is 0.130. The lowest BCUT2D eigenvalue weighted by Crippen LogP contribution is -2.10. The van der Waals surface area contributed by atoms with Crippen LogP contribution in [0.3, 0.4) is 0 Å². The van der Waals surface area contributed by atoms with Gasteiger partial charge < -0.3 is 4.42 Å². The predicted molar refractivity (Wildman–Crippen MR) is 119 cm³/mol. The lowest BCUT2D eigenvalue weighted by Gasteiger charge is -2.06. The highest BCUT2D eigenvalue weighted by atomic mass is 32.1. The van der Waals surface area contributed by atoms with E-state index >= 15 is 0 Å². The van der Waals surface area contributed by atoms with Crippen LogP contribution in [0.2, 0.25) is 0 Å². The number of benzene rings is 2. The van der Waals surface area contributed by atoms with Crippen LogP contribution in [-0.2, 0) is 17.4 Å². The van der Waals surface area contributed by atoms with Gasteiger partial charge in [-0.3, -0.25) is 10.1 Å². The minimum absolute atomic E-state index is 0.0131. The zero-order valence-electron chi connectivity index (χ0n) is 17.6. The van der Waals surface area contributed by atoms with E-state index in [1.807, 2.05) is 0 Å². The van der Waals surface area contributed by atoms with Crippen molar-refractivity contribution in [2.45, 2.75) is 12.6 Å². The topological polar surface area (TPSA) is 84.4 Å². The molecule has 0 aliphatic rings. The molecule has 2 heterocycles. The van der Waals surface area contributed by atoms with E-state index in [0.29, 0.717) is 33.4 Å². The van der Waals surface area contributed by atoms with Crippen molar-refractivity contribution >= 4 is 28.1 Å². The molecule has 0 unspecified atom stereocenters. The monoisotopic (exact) mass is 488 g/mol. The number of nitrogens with zero attached hydrogens (tertiary/aromatic N) is 2. The van der Waals surface area contributed by atoms with Crippen LogP contribution in [0.25, 0.3) is 11.3 Å². The molecule has 1 N–H and O–H groups in total. The van der Waals surface area contributed by atoms with Crippen LogP contribution < -0.4 is 5.32 Å². The number of para-hydroxylation sites is 1. The third-order valence-corrected chi connectivity index (χ3v) is 5.71. The molecule has 0 radical (unpaired) electrons. The molecule has 0 aliphatic carbocycles. The van der Waals surface area contributed by atoms with E-state index in [0.717, 1.165) is 17.0 Å². The number of thiazole rings is 1. The zero-order valence-corrected chi connectivity index (χ0v) is 18.4. The van der Waals surface area contributed by atoms with E-state index < -0.39 is 17.6 Å². The molecule has 174 valence electrons. The Balaban J connectivity index is 1.43. The van der Waals surface area contributed by atoms with Crippen molar-refractivity contribution < 1.29 is 32.1 Å². The molecule has 2 aromatic heterocycles. The number of rotatable bonds is 7. The number of carbonyl (C=O) groups is 1. The third kappa shape index (κ3) is 5.15. The Morgan fingerprint density at radius 1 is 1.12 bits per heavy atom. The van der Waals surface area contributed by atoms with Crippen molar-refractivity contribution in [1.82, 2.24) is 4.98 Å². The van der Waals surface area contributed by atoms with E-state index in [4.69, 9.17) is 9.25 Å². The van der Waals surface area contributed by atoms with Gasteiger partial charge in [0.1, 0.15) is 5.76 Å². The fourth-order valence-electron chi connectivity index (χ4n) is 3.16. The number of hydrogen-bond donors (Lipinski definition) is 1. The first-order valence-corrected chi connectivity index (χ1v) is 10.7. The Labute approximate surface area is 195 Å². The molecule has 0 saturated carbocycles. The highest BCUT2D eigenvalue weighted by Gasteiger charge is 2.30. The number of halogens is 3. The Morgan fingerprint density at radius 3 is 2.56 bits per heavy atom. The van der Waals surface area contributed by atoms with Gasteiger partial charge in [0.2, 0.25) is 0 Å². The van der Waals surface area contributed by atoms with Crippen LogP contribution in [0.5, 0.6) is 0 Å². The number of nitrogens with one attached hydrogen (secondary N) is 1. The molecular weight excluding hydrogens is 471 g/mol. The number of hydrogen-bond acceptors (Lipinski definition) is 6. The molecule has 0 saturated heterocycles. The van der Waals surface area contributed by atoms with E-state index in [1.165, 1.54) is 36.6 Å². The molecule has 0 fully saturated rings. The van der Waals surface area contributed by atoms with Crippen LogP contribution in [0.4, 0.5) is 24.0 Å². The second-order valence-corrected chi connectivity index (χ2v) is 8.19. The Kier molecular flexibility index (Phi) is 6.46. The first kappa shape index (κ1) is 23.2. The highest BCUT2D eigenvalue weighted by molar-refractivity contribution is 7.15. The van der Waals surface area contributed by atoms with Gasteiger partial charge in [-0.15, -0.1) is 11.3 Å². The molecule has 0 atom stereocenters. The van der Waals surface area contributed by atoms with Crippen molar-refractivity contribution in [3.63, 3.8) is 0 Å². The van der Waals surface area contributed by atoms with Crippen LogP contribution >= 0.6 is 11.3 Å². The standard InChI is InChI=1S/C23H16F3N3O4S/c1-32-29(31)18-5-3-2-4-17(18)19-10-11-20(33-19)21(30)28-22-27-13-16(34-22)12-14-6-8-15(9-7-14)23(24,25)26/h2-11,13H,12H2,1H3/p+1. The maximum absolute atomic E-state index is 12.7. The lowest BCUT2D eigenvalue weighted by atomic mass is 10.1. The summed E-state index contributed by atoms with van der Waals surface area (Å²) in [5.41, 5.74) is 0.650. The maximum atomic E-state index is 12.7. The lowest BCUT2D eigenvalue weighted by molar-refractivity contribution is -0.736. The summed E-state index contributed by atoms with van der Waals surface area (Å²) in [6.45, 7) is 0. The highest BCUT2D eigenvalue weighted by Crippen LogP contribution is 2.32. The average Bonchev–Trinajstić information content (AvgIpc) is 3.48. The summed E-state index contributed by atoms with van der Waals surface area (Å²) in [6, 6.07) is 14.5. The van der Waals surface area contributed by atoms with E-state index in [2.05, 4.69) is 10.3 Å². The van der Waals surface area contributed by atoms with Gasteiger partial charge in [0.25, 0.3) is 10.8 Å². The van der Waals surface area contributed by atoms with Crippen LogP contribution in [0.1, 0.15) is 26.6 Å². The molecule has 4 aromatic rings. The predicted octanol–water partition coefficient (Wildman–Crippen LogP) is 6.24. The molecule has 0 aliphatic heterocycles. The largest absolute Gasteiger partial charge is 0.451 e. The number of carbonyl (C=O) groups excluding carboxylic acids is 1. The van der Waals surface area contributed by atoms with Gasteiger partial charge in [0, 0.05) is 23.6 Å². The van der Waals surface area contributed by atoms with Crippen LogP contribution in [0, 0.1) is 4.91 Å². The Morgan fingerprint density at radius 2 is 1.85 bits per heavy atom. The number of alkyl halides is 3. The van der Waals surface area contributed by atoms with Gasteiger partial charge >= 0.3 is 11.9 Å². The first-order valence-electron chi connectivity index (χ1n) is 9.87. The van der Waals surface area contributed by atoms with Gasteiger partial charge in [0.05, 0.1) is 16.0 Å². The smallest absolute Gasteiger partial charge is 0.416 e. The zero-order chi connectivity index (χ0) is 24.3. The molecule has 34 heavy (non-hydrogen) atoms. The Bertz CT molecular complexity index is 1330. The molecule has 2 aromatic carbocycles. The SMILES string of the molecule is CO[N+](=O)c1ccccc1-c1ccc(C(=O)Nc2ncc(Cc3ccc(C(F)(F)F)cc3)s2)o1. The molecular formula is C23H17F3N3O4S+. The van der Waals surface area contributed by atoms with Crippen molar-refractivity contribution in [3.05, 3.63) is 93.5 Å². The summed E-state index contributed by atoms with van der Waals surface area (Å²) in [6.07, 6.45) is -2.46. The van der Waals surface area contributed by atoms with Crippen LogP contribution in [-0.4, -0.2) is 22.9 Å². The molecule has 7 nitrogen and oxygen atoms in total. The van der Waals surface area contributed by atoms with Crippen molar-refractivity contribution in [2.24, 2.45) is 0 Å². The number of furan rings is 1. The summed E-state index contributed by atoms with van der Waals surface area (Å²) in [5.74, 6) is -0.218. The summed E-state index contributed by atoms with van der Waals surface area (Å²) in [5, 5.41) is 2.95. The Hall–Kier alpha value is -3.99. The van der Waals surface area contributed by atoms with Gasteiger partial charge in [-0.25, -0.2) is 9.82 Å². The molecule has 0 bridgehead atoms.